The second kappa shape index (κ2) is 6.24. The van der Waals surface area contributed by atoms with Gasteiger partial charge >= 0.3 is 6.03 Å². The van der Waals surface area contributed by atoms with Gasteiger partial charge in [-0.2, -0.15) is 0 Å². The molecule has 1 N–H and O–H groups in total. The summed E-state index contributed by atoms with van der Waals surface area (Å²) in [4.78, 5) is 24.6. The predicted octanol–water partition coefficient (Wildman–Crippen LogP) is 2.77. The molecule has 2 amide bonds. The first kappa shape index (κ1) is 15.3. The van der Waals surface area contributed by atoms with Crippen LogP contribution in [0.3, 0.4) is 0 Å². The van der Waals surface area contributed by atoms with Gasteiger partial charge in [0.2, 0.25) is 5.95 Å². The summed E-state index contributed by atoms with van der Waals surface area (Å²) in [6.07, 6.45) is 3.25. The SMILES string of the molecule is C[C@@H]1CN(C(=O)Nc2cnc(N(C)C)nc2)[C@@H]1c1ccccc1. The van der Waals surface area contributed by atoms with Crippen molar-refractivity contribution in [1.29, 1.82) is 0 Å². The van der Waals surface area contributed by atoms with E-state index in [1.54, 1.807) is 12.4 Å². The third kappa shape index (κ3) is 3.11. The van der Waals surface area contributed by atoms with Crippen molar-refractivity contribution in [2.75, 3.05) is 30.9 Å². The number of amides is 2. The number of anilines is 2. The topological polar surface area (TPSA) is 61.4 Å². The van der Waals surface area contributed by atoms with Crippen molar-refractivity contribution < 1.29 is 4.79 Å². The van der Waals surface area contributed by atoms with Gasteiger partial charge in [0.05, 0.1) is 24.1 Å². The third-order valence-electron chi connectivity index (χ3n) is 4.05. The van der Waals surface area contributed by atoms with Gasteiger partial charge in [-0.3, -0.25) is 0 Å². The number of rotatable bonds is 3. The molecular weight excluding hydrogens is 290 g/mol. The number of nitrogens with zero attached hydrogens (tertiary/aromatic N) is 4. The van der Waals surface area contributed by atoms with Crippen molar-refractivity contribution in [3.63, 3.8) is 0 Å². The van der Waals surface area contributed by atoms with Crippen LogP contribution in [0.25, 0.3) is 0 Å². The zero-order chi connectivity index (χ0) is 16.4. The van der Waals surface area contributed by atoms with Gasteiger partial charge in [0, 0.05) is 20.6 Å². The van der Waals surface area contributed by atoms with E-state index in [-0.39, 0.29) is 12.1 Å². The minimum absolute atomic E-state index is 0.113. The molecule has 0 radical (unpaired) electrons. The maximum atomic E-state index is 12.5. The molecular formula is C17H21N5O. The smallest absolute Gasteiger partial charge is 0.322 e. The lowest BCUT2D eigenvalue weighted by molar-refractivity contribution is 0.0671. The number of nitrogens with one attached hydrogen (secondary N) is 1. The largest absolute Gasteiger partial charge is 0.347 e. The average Bonchev–Trinajstić information content (AvgIpc) is 2.54. The summed E-state index contributed by atoms with van der Waals surface area (Å²) in [6.45, 7) is 2.92. The Morgan fingerprint density at radius 3 is 2.43 bits per heavy atom. The average molecular weight is 311 g/mol. The van der Waals surface area contributed by atoms with Crippen molar-refractivity contribution in [2.45, 2.75) is 13.0 Å². The fourth-order valence-electron chi connectivity index (χ4n) is 2.87. The van der Waals surface area contributed by atoms with Crippen LogP contribution in [0.5, 0.6) is 0 Å². The first-order chi connectivity index (χ1) is 11.1. The minimum atomic E-state index is -0.113. The molecule has 0 bridgehead atoms. The molecule has 120 valence electrons. The fourth-order valence-corrected chi connectivity index (χ4v) is 2.87. The highest BCUT2D eigenvalue weighted by molar-refractivity contribution is 5.90. The van der Waals surface area contributed by atoms with Crippen LogP contribution in [0.1, 0.15) is 18.5 Å². The number of hydrogen-bond acceptors (Lipinski definition) is 4. The predicted molar refractivity (Wildman–Crippen MR) is 90.4 cm³/mol. The number of carbonyl (C=O) groups is 1. The highest BCUT2D eigenvalue weighted by Gasteiger charge is 2.39. The first-order valence-electron chi connectivity index (χ1n) is 7.68. The van der Waals surface area contributed by atoms with E-state index < -0.39 is 0 Å². The summed E-state index contributed by atoms with van der Waals surface area (Å²) in [7, 11) is 3.75. The normalized spacial score (nSPS) is 19.9. The molecule has 1 aliphatic heterocycles. The van der Waals surface area contributed by atoms with Crippen LogP contribution in [-0.2, 0) is 0 Å². The minimum Gasteiger partial charge on any atom is -0.347 e. The summed E-state index contributed by atoms with van der Waals surface area (Å²) < 4.78 is 0. The molecule has 1 aliphatic rings. The van der Waals surface area contributed by atoms with Gasteiger partial charge in [-0.25, -0.2) is 14.8 Å². The molecule has 2 heterocycles. The Kier molecular flexibility index (Phi) is 4.14. The van der Waals surface area contributed by atoms with Crippen molar-refractivity contribution in [3.8, 4) is 0 Å². The van der Waals surface area contributed by atoms with Crippen LogP contribution in [0.2, 0.25) is 0 Å². The zero-order valence-electron chi connectivity index (χ0n) is 13.6. The number of carbonyl (C=O) groups excluding carboxylic acids is 1. The Bertz CT molecular complexity index is 671. The molecule has 0 spiro atoms. The number of aromatic nitrogens is 2. The maximum absolute atomic E-state index is 12.5. The number of benzene rings is 1. The molecule has 2 atom stereocenters. The Labute approximate surface area is 136 Å². The molecule has 3 rings (SSSR count). The monoisotopic (exact) mass is 311 g/mol. The van der Waals surface area contributed by atoms with E-state index in [0.717, 1.165) is 6.54 Å². The lowest BCUT2D eigenvalue weighted by Crippen LogP contribution is -2.53. The highest BCUT2D eigenvalue weighted by atomic mass is 16.2. The van der Waals surface area contributed by atoms with Gasteiger partial charge in [-0.15, -0.1) is 0 Å². The van der Waals surface area contributed by atoms with Crippen LogP contribution in [-0.4, -0.2) is 41.5 Å². The van der Waals surface area contributed by atoms with Gasteiger partial charge < -0.3 is 15.1 Å². The number of hydrogen-bond donors (Lipinski definition) is 1. The van der Waals surface area contributed by atoms with E-state index in [4.69, 9.17) is 0 Å². The molecule has 6 heteroatoms. The Balaban J connectivity index is 1.68. The first-order valence-corrected chi connectivity index (χ1v) is 7.68. The molecule has 23 heavy (non-hydrogen) atoms. The Morgan fingerprint density at radius 1 is 1.22 bits per heavy atom. The summed E-state index contributed by atoms with van der Waals surface area (Å²) >= 11 is 0. The van der Waals surface area contributed by atoms with Crippen LogP contribution in [0.4, 0.5) is 16.4 Å². The van der Waals surface area contributed by atoms with Crippen molar-refractivity contribution in [1.82, 2.24) is 14.9 Å². The summed E-state index contributed by atoms with van der Waals surface area (Å²) in [5.41, 5.74) is 1.77. The molecule has 1 saturated heterocycles. The Hall–Kier alpha value is -2.63. The van der Waals surface area contributed by atoms with Crippen LogP contribution < -0.4 is 10.2 Å². The lowest BCUT2D eigenvalue weighted by atomic mass is 9.85. The molecule has 0 aliphatic carbocycles. The van der Waals surface area contributed by atoms with Gasteiger partial charge in [0.25, 0.3) is 0 Å². The van der Waals surface area contributed by atoms with Gasteiger partial charge in [0.1, 0.15) is 0 Å². The molecule has 1 aromatic carbocycles. The van der Waals surface area contributed by atoms with Crippen LogP contribution in [0, 0.1) is 5.92 Å². The van der Waals surface area contributed by atoms with Crippen LogP contribution >= 0.6 is 0 Å². The van der Waals surface area contributed by atoms with Crippen molar-refractivity contribution >= 4 is 17.7 Å². The van der Waals surface area contributed by atoms with E-state index in [1.807, 2.05) is 42.1 Å². The summed E-state index contributed by atoms with van der Waals surface area (Å²) in [5, 5.41) is 2.87. The maximum Gasteiger partial charge on any atom is 0.322 e. The van der Waals surface area contributed by atoms with E-state index >= 15 is 0 Å². The second-order valence-corrected chi connectivity index (χ2v) is 6.08. The van der Waals surface area contributed by atoms with Crippen molar-refractivity contribution in [2.24, 2.45) is 5.92 Å². The van der Waals surface area contributed by atoms with Gasteiger partial charge in [0.15, 0.2) is 0 Å². The molecule has 2 aromatic rings. The molecule has 6 nitrogen and oxygen atoms in total. The zero-order valence-corrected chi connectivity index (χ0v) is 13.6. The Morgan fingerprint density at radius 2 is 1.87 bits per heavy atom. The standard InChI is InChI=1S/C17H21N5O/c1-12-11-22(15(12)13-7-5-4-6-8-13)17(23)20-14-9-18-16(19-10-14)21(2)3/h4-10,12,15H,11H2,1-3H3,(H,20,23)/t12-,15+/m1/s1. The summed E-state index contributed by atoms with van der Waals surface area (Å²) in [6, 6.07) is 10.1. The third-order valence-corrected chi connectivity index (χ3v) is 4.05. The molecule has 1 fully saturated rings. The number of likely N-dealkylation sites (tertiary alicyclic amines) is 1. The van der Waals surface area contributed by atoms with E-state index in [1.165, 1.54) is 5.56 Å². The van der Waals surface area contributed by atoms with Gasteiger partial charge in [-0.1, -0.05) is 37.3 Å². The van der Waals surface area contributed by atoms with E-state index in [0.29, 0.717) is 17.6 Å². The van der Waals surface area contributed by atoms with Crippen LogP contribution in [0.15, 0.2) is 42.7 Å². The molecule has 0 unspecified atom stereocenters. The highest BCUT2D eigenvalue weighted by Crippen LogP contribution is 2.38. The van der Waals surface area contributed by atoms with Gasteiger partial charge in [-0.05, 0) is 11.5 Å². The molecule has 1 aromatic heterocycles. The van der Waals surface area contributed by atoms with E-state index in [9.17, 15) is 4.79 Å². The lowest BCUT2D eigenvalue weighted by Gasteiger charge is -2.46. The quantitative estimate of drug-likeness (QED) is 0.947. The number of urea groups is 1. The molecule has 0 saturated carbocycles. The fraction of sp³-hybridized carbons (Fsp3) is 0.353. The van der Waals surface area contributed by atoms with Crippen molar-refractivity contribution in [3.05, 3.63) is 48.3 Å². The summed E-state index contributed by atoms with van der Waals surface area (Å²) in [5.74, 6) is 1.07. The van der Waals surface area contributed by atoms with E-state index in [2.05, 4.69) is 34.3 Å². The second-order valence-electron chi connectivity index (χ2n) is 6.08.